The quantitative estimate of drug-likeness (QED) is 0.418. The van der Waals surface area contributed by atoms with Gasteiger partial charge in [0, 0.05) is 31.3 Å². The molecule has 4 aromatic rings. The van der Waals surface area contributed by atoms with Gasteiger partial charge in [0.1, 0.15) is 17.3 Å². The first-order valence-electron chi connectivity index (χ1n) is 9.29. The van der Waals surface area contributed by atoms with Gasteiger partial charge in [0.2, 0.25) is 5.75 Å². The molecule has 8 nitrogen and oxygen atoms in total. The lowest BCUT2D eigenvalue weighted by Gasteiger charge is -2.11. The highest BCUT2D eigenvalue weighted by Gasteiger charge is 2.21. The van der Waals surface area contributed by atoms with E-state index in [1.54, 1.807) is 30.3 Å². The maximum absolute atomic E-state index is 13.4. The van der Waals surface area contributed by atoms with Crippen molar-refractivity contribution in [1.29, 1.82) is 0 Å². The average molecular weight is 453 g/mol. The molecule has 0 fully saturated rings. The van der Waals surface area contributed by atoms with Gasteiger partial charge >= 0.3 is 5.97 Å². The summed E-state index contributed by atoms with van der Waals surface area (Å²) in [5, 5.41) is 2.97. The maximum atomic E-state index is 13.4. The number of hydrogen-bond donors (Lipinski definition) is 1. The molecule has 2 aromatic heterocycles. The van der Waals surface area contributed by atoms with Gasteiger partial charge in [-0.15, -0.1) is 0 Å². The average Bonchev–Trinajstić information content (AvgIpc) is 3.15. The molecule has 162 valence electrons. The van der Waals surface area contributed by atoms with Crippen LogP contribution in [0.1, 0.15) is 17.4 Å². The molecule has 0 spiro atoms. The number of carbonyl (C=O) groups is 2. The number of pyridine rings is 1. The lowest BCUT2D eigenvalue weighted by molar-refractivity contribution is -0.132. The Morgan fingerprint density at radius 3 is 2.66 bits per heavy atom. The molecule has 10 heteroatoms. The van der Waals surface area contributed by atoms with Gasteiger partial charge in [-0.3, -0.25) is 14.9 Å². The number of nitrogens with zero attached hydrogens (tertiary/aromatic N) is 2. The third-order valence-corrected chi connectivity index (χ3v) is 5.09. The molecule has 0 aliphatic rings. The first-order valence-corrected chi connectivity index (χ1v) is 10.1. The normalized spacial score (nSPS) is 10.6. The standard InChI is InChI=1S/C22H16FN3O5S/c1-12(27)30-20-17(29-2)8-9-24-19(20)21(28)26-22-25-16-7-6-15(11-18(16)32-22)31-14-5-3-4-13(23)10-14/h3-11H,1-2H3,(H,25,26,28). The lowest BCUT2D eigenvalue weighted by Crippen LogP contribution is -2.17. The SMILES string of the molecule is COc1ccnc(C(=O)Nc2nc3ccc(Oc4cccc(F)c4)cc3s2)c1OC(C)=O. The molecule has 0 saturated carbocycles. The van der Waals surface area contributed by atoms with Crippen molar-refractivity contribution in [2.45, 2.75) is 6.92 Å². The van der Waals surface area contributed by atoms with E-state index in [1.165, 1.54) is 49.8 Å². The van der Waals surface area contributed by atoms with E-state index in [-0.39, 0.29) is 17.2 Å². The van der Waals surface area contributed by atoms with Crippen molar-refractivity contribution >= 4 is 38.6 Å². The van der Waals surface area contributed by atoms with Crippen molar-refractivity contribution in [3.8, 4) is 23.0 Å². The number of anilines is 1. The molecule has 1 amide bonds. The summed E-state index contributed by atoms with van der Waals surface area (Å²) in [7, 11) is 1.39. The minimum atomic E-state index is -0.615. The number of fused-ring (bicyclic) bond motifs is 1. The number of ether oxygens (including phenoxy) is 3. The second-order valence-electron chi connectivity index (χ2n) is 6.45. The van der Waals surface area contributed by atoms with Crippen molar-refractivity contribution in [2.75, 3.05) is 12.4 Å². The summed E-state index contributed by atoms with van der Waals surface area (Å²) < 4.78 is 30.1. The number of rotatable bonds is 6. The van der Waals surface area contributed by atoms with Crippen molar-refractivity contribution < 1.29 is 28.2 Å². The minimum Gasteiger partial charge on any atom is -0.493 e. The van der Waals surface area contributed by atoms with Crippen molar-refractivity contribution in [3.63, 3.8) is 0 Å². The summed E-state index contributed by atoms with van der Waals surface area (Å²) in [6.45, 7) is 1.21. The number of methoxy groups -OCH3 is 1. The first-order chi connectivity index (χ1) is 15.4. The number of nitrogens with one attached hydrogen (secondary N) is 1. The van der Waals surface area contributed by atoms with E-state index in [1.807, 2.05) is 0 Å². The Kier molecular flexibility index (Phi) is 5.95. The van der Waals surface area contributed by atoms with E-state index in [9.17, 15) is 14.0 Å². The number of aromatic nitrogens is 2. The second-order valence-corrected chi connectivity index (χ2v) is 7.48. The predicted molar refractivity (Wildman–Crippen MR) is 116 cm³/mol. The van der Waals surface area contributed by atoms with Gasteiger partial charge in [-0.05, 0) is 24.3 Å². The number of halogens is 1. The first kappa shape index (κ1) is 21.2. The van der Waals surface area contributed by atoms with Crippen molar-refractivity contribution in [2.24, 2.45) is 0 Å². The fraction of sp³-hybridized carbons (Fsp3) is 0.0909. The van der Waals surface area contributed by atoms with Crippen LogP contribution in [0.5, 0.6) is 23.0 Å². The van der Waals surface area contributed by atoms with Gasteiger partial charge in [-0.1, -0.05) is 17.4 Å². The third-order valence-electron chi connectivity index (χ3n) is 4.16. The highest BCUT2D eigenvalue weighted by Crippen LogP contribution is 2.33. The zero-order chi connectivity index (χ0) is 22.7. The Bertz CT molecular complexity index is 1320. The Balaban J connectivity index is 1.57. The highest BCUT2D eigenvalue weighted by molar-refractivity contribution is 7.22. The van der Waals surface area contributed by atoms with E-state index in [4.69, 9.17) is 14.2 Å². The Morgan fingerprint density at radius 1 is 1.09 bits per heavy atom. The molecule has 4 rings (SSSR count). The summed E-state index contributed by atoms with van der Waals surface area (Å²) >= 11 is 1.21. The molecule has 0 unspecified atom stereocenters. The summed E-state index contributed by atoms with van der Waals surface area (Å²) in [5.74, 6) is -0.645. The number of hydrogen-bond acceptors (Lipinski definition) is 8. The third kappa shape index (κ3) is 4.65. The van der Waals surface area contributed by atoms with Crippen LogP contribution < -0.4 is 19.5 Å². The topological polar surface area (TPSA) is 99.6 Å². The largest absolute Gasteiger partial charge is 0.493 e. The van der Waals surface area contributed by atoms with Crippen LogP contribution >= 0.6 is 11.3 Å². The molecule has 0 radical (unpaired) electrons. The number of thiazole rings is 1. The van der Waals surface area contributed by atoms with Gasteiger partial charge in [-0.2, -0.15) is 0 Å². The maximum Gasteiger partial charge on any atom is 0.308 e. The van der Waals surface area contributed by atoms with Crippen LogP contribution in [-0.4, -0.2) is 29.0 Å². The van der Waals surface area contributed by atoms with E-state index in [0.717, 1.165) is 4.70 Å². The molecule has 32 heavy (non-hydrogen) atoms. The van der Waals surface area contributed by atoms with Crippen LogP contribution in [0.2, 0.25) is 0 Å². The summed E-state index contributed by atoms with van der Waals surface area (Å²) in [5.41, 5.74) is 0.518. The van der Waals surface area contributed by atoms with Crippen LogP contribution in [0.3, 0.4) is 0 Å². The van der Waals surface area contributed by atoms with Crippen LogP contribution in [0.4, 0.5) is 9.52 Å². The summed E-state index contributed by atoms with van der Waals surface area (Å²) in [4.78, 5) is 32.6. The monoisotopic (exact) mass is 453 g/mol. The molecule has 2 aromatic carbocycles. The molecule has 0 aliphatic heterocycles. The predicted octanol–water partition coefficient (Wildman–Crippen LogP) is 4.81. The van der Waals surface area contributed by atoms with Crippen molar-refractivity contribution in [3.05, 3.63) is 66.2 Å². The molecule has 1 N–H and O–H groups in total. The smallest absolute Gasteiger partial charge is 0.308 e. The number of amides is 1. The summed E-state index contributed by atoms with van der Waals surface area (Å²) in [6.07, 6.45) is 1.37. The fourth-order valence-electron chi connectivity index (χ4n) is 2.84. The molecule has 0 aliphatic carbocycles. The van der Waals surface area contributed by atoms with Crippen LogP contribution in [0.25, 0.3) is 10.2 Å². The summed E-state index contributed by atoms with van der Waals surface area (Å²) in [6, 6.07) is 12.5. The van der Waals surface area contributed by atoms with Crippen LogP contribution in [0.15, 0.2) is 54.7 Å². The molecular formula is C22H16FN3O5S. The number of benzene rings is 2. The zero-order valence-electron chi connectivity index (χ0n) is 16.9. The Labute approximate surface area is 185 Å². The van der Waals surface area contributed by atoms with Gasteiger partial charge in [0.05, 0.1) is 17.3 Å². The zero-order valence-corrected chi connectivity index (χ0v) is 17.7. The van der Waals surface area contributed by atoms with Gasteiger partial charge in [-0.25, -0.2) is 14.4 Å². The van der Waals surface area contributed by atoms with Crippen molar-refractivity contribution in [1.82, 2.24) is 9.97 Å². The molecule has 0 bridgehead atoms. The van der Waals surface area contributed by atoms with E-state index in [0.29, 0.717) is 22.1 Å². The van der Waals surface area contributed by atoms with Gasteiger partial charge in [0.15, 0.2) is 16.6 Å². The minimum absolute atomic E-state index is 0.0770. The molecule has 0 atom stereocenters. The molecule has 2 heterocycles. The number of esters is 1. The van der Waals surface area contributed by atoms with Gasteiger partial charge in [0.25, 0.3) is 5.91 Å². The lowest BCUT2D eigenvalue weighted by atomic mass is 10.3. The number of carbonyl (C=O) groups excluding carboxylic acids is 2. The van der Waals surface area contributed by atoms with Gasteiger partial charge < -0.3 is 14.2 Å². The van der Waals surface area contributed by atoms with Crippen LogP contribution in [-0.2, 0) is 4.79 Å². The van der Waals surface area contributed by atoms with E-state index < -0.39 is 17.7 Å². The fourth-order valence-corrected chi connectivity index (χ4v) is 3.73. The Hall–Kier alpha value is -4.05. The second kappa shape index (κ2) is 8.98. The van der Waals surface area contributed by atoms with Crippen LogP contribution in [0, 0.1) is 5.82 Å². The molecule has 0 saturated heterocycles. The highest BCUT2D eigenvalue weighted by atomic mass is 32.1. The van der Waals surface area contributed by atoms with E-state index in [2.05, 4.69) is 15.3 Å². The van der Waals surface area contributed by atoms with E-state index >= 15 is 0 Å². The molecular weight excluding hydrogens is 437 g/mol. The Morgan fingerprint density at radius 2 is 1.91 bits per heavy atom.